The third-order valence-electron chi connectivity index (χ3n) is 2.61. The molecule has 1 amide bonds. The number of nitro benzene ring substituents is 1. The molecule has 1 heterocycles. The van der Waals surface area contributed by atoms with E-state index in [4.69, 9.17) is 0 Å². The molecule has 20 heavy (non-hydrogen) atoms. The van der Waals surface area contributed by atoms with Crippen molar-refractivity contribution in [2.45, 2.75) is 6.54 Å². The summed E-state index contributed by atoms with van der Waals surface area (Å²) in [7, 11) is 0. The summed E-state index contributed by atoms with van der Waals surface area (Å²) in [4.78, 5) is 22.1. The quantitative estimate of drug-likeness (QED) is 0.623. The number of nitro groups is 1. The van der Waals surface area contributed by atoms with E-state index in [0.29, 0.717) is 6.54 Å². The van der Waals surface area contributed by atoms with E-state index in [-0.39, 0.29) is 23.5 Å². The zero-order valence-corrected chi connectivity index (χ0v) is 10.4. The monoisotopic (exact) mass is 276 g/mol. The van der Waals surface area contributed by atoms with Gasteiger partial charge in [-0.2, -0.15) is 5.10 Å². The molecule has 2 rings (SSSR count). The molecule has 0 fully saturated rings. The topological polar surface area (TPSA) is 110 Å². The van der Waals surface area contributed by atoms with E-state index in [2.05, 4.69) is 10.4 Å². The Kier molecular flexibility index (Phi) is 3.94. The number of nitrogens with one attached hydrogen (secondary N) is 1. The third-order valence-corrected chi connectivity index (χ3v) is 2.61. The highest BCUT2D eigenvalue weighted by molar-refractivity contribution is 5.98. The van der Waals surface area contributed by atoms with Crippen LogP contribution in [0.3, 0.4) is 0 Å². The van der Waals surface area contributed by atoms with Gasteiger partial charge in [-0.15, -0.1) is 0 Å². The van der Waals surface area contributed by atoms with E-state index < -0.39 is 10.8 Å². The number of aromatic hydroxyl groups is 1. The largest absolute Gasteiger partial charge is 0.508 e. The molecule has 2 N–H and O–H groups in total. The Balaban J connectivity index is 2.05. The fourth-order valence-electron chi connectivity index (χ4n) is 1.68. The highest BCUT2D eigenvalue weighted by atomic mass is 16.6. The molecule has 0 saturated carbocycles. The predicted octanol–water partition coefficient (Wildman–Crippen LogP) is 0.927. The van der Waals surface area contributed by atoms with Crippen LogP contribution in [0.15, 0.2) is 36.7 Å². The predicted molar refractivity (Wildman–Crippen MR) is 69.3 cm³/mol. The molecule has 2 aromatic rings. The van der Waals surface area contributed by atoms with Gasteiger partial charge in [0.1, 0.15) is 11.3 Å². The number of benzene rings is 1. The summed E-state index contributed by atoms with van der Waals surface area (Å²) in [5.41, 5.74) is -0.519. The first kappa shape index (κ1) is 13.5. The fraction of sp³-hybridized carbons (Fsp3) is 0.167. The van der Waals surface area contributed by atoms with Gasteiger partial charge >= 0.3 is 0 Å². The number of hydrogen-bond donors (Lipinski definition) is 2. The van der Waals surface area contributed by atoms with Gasteiger partial charge in [0.05, 0.1) is 11.5 Å². The molecule has 0 unspecified atom stereocenters. The highest BCUT2D eigenvalue weighted by Gasteiger charge is 2.20. The summed E-state index contributed by atoms with van der Waals surface area (Å²) in [6.07, 6.45) is 3.35. The molecule has 104 valence electrons. The van der Waals surface area contributed by atoms with Crippen LogP contribution in [0.25, 0.3) is 0 Å². The second kappa shape index (κ2) is 5.83. The zero-order valence-electron chi connectivity index (χ0n) is 10.4. The Morgan fingerprint density at radius 3 is 2.95 bits per heavy atom. The van der Waals surface area contributed by atoms with Crippen molar-refractivity contribution in [3.63, 3.8) is 0 Å². The molecule has 0 spiro atoms. The molecule has 0 aliphatic rings. The minimum atomic E-state index is -0.665. The first-order valence-corrected chi connectivity index (χ1v) is 5.81. The smallest absolute Gasteiger partial charge is 0.282 e. The van der Waals surface area contributed by atoms with Gasteiger partial charge in [0.2, 0.25) is 0 Å². The summed E-state index contributed by atoms with van der Waals surface area (Å²) >= 11 is 0. The summed E-state index contributed by atoms with van der Waals surface area (Å²) in [5.74, 6) is -0.812. The van der Waals surface area contributed by atoms with E-state index >= 15 is 0 Å². The van der Waals surface area contributed by atoms with E-state index in [1.54, 1.807) is 23.1 Å². The van der Waals surface area contributed by atoms with Gasteiger partial charge in [0.15, 0.2) is 0 Å². The van der Waals surface area contributed by atoms with Crippen molar-refractivity contribution in [1.29, 1.82) is 0 Å². The molecular formula is C12H12N4O4. The van der Waals surface area contributed by atoms with Crippen LogP contribution in [0, 0.1) is 10.1 Å². The number of phenols is 1. The number of carbonyl (C=O) groups is 1. The molecule has 8 nitrogen and oxygen atoms in total. The lowest BCUT2D eigenvalue weighted by molar-refractivity contribution is -0.385. The van der Waals surface area contributed by atoms with Crippen LogP contribution in [-0.2, 0) is 6.54 Å². The molecule has 0 atom stereocenters. The average molecular weight is 276 g/mol. The molecule has 0 bridgehead atoms. The molecule has 0 radical (unpaired) electrons. The van der Waals surface area contributed by atoms with E-state index in [1.807, 2.05) is 0 Å². The van der Waals surface area contributed by atoms with E-state index in [9.17, 15) is 20.0 Å². The minimum absolute atomic E-state index is 0.171. The van der Waals surface area contributed by atoms with Crippen molar-refractivity contribution in [1.82, 2.24) is 15.1 Å². The molecule has 1 aromatic carbocycles. The highest BCUT2D eigenvalue weighted by Crippen LogP contribution is 2.22. The second-order valence-electron chi connectivity index (χ2n) is 3.98. The average Bonchev–Trinajstić information content (AvgIpc) is 2.91. The number of phenolic OH excluding ortho intramolecular Hbond substituents is 1. The zero-order chi connectivity index (χ0) is 14.5. The maximum Gasteiger partial charge on any atom is 0.282 e. The molecule has 0 saturated heterocycles. The van der Waals surface area contributed by atoms with Crippen LogP contribution in [0.1, 0.15) is 10.4 Å². The Morgan fingerprint density at radius 2 is 2.30 bits per heavy atom. The molecule has 1 aromatic heterocycles. The van der Waals surface area contributed by atoms with E-state index in [1.165, 1.54) is 6.07 Å². The second-order valence-corrected chi connectivity index (χ2v) is 3.98. The molecule has 8 heteroatoms. The molecule has 0 aliphatic carbocycles. The van der Waals surface area contributed by atoms with Gasteiger partial charge in [-0.3, -0.25) is 19.6 Å². The summed E-state index contributed by atoms with van der Waals surface area (Å²) in [6, 6.07) is 5.08. The number of carbonyl (C=O) groups excluding carboxylic acids is 1. The number of aromatic nitrogens is 2. The van der Waals surface area contributed by atoms with Crippen molar-refractivity contribution in [2.75, 3.05) is 6.54 Å². The minimum Gasteiger partial charge on any atom is -0.508 e. The van der Waals surface area contributed by atoms with Gasteiger partial charge in [0.25, 0.3) is 11.6 Å². The van der Waals surface area contributed by atoms with Crippen molar-refractivity contribution in [3.05, 3.63) is 52.3 Å². The van der Waals surface area contributed by atoms with Crippen molar-refractivity contribution in [3.8, 4) is 5.75 Å². The van der Waals surface area contributed by atoms with E-state index in [0.717, 1.165) is 12.1 Å². The maximum absolute atomic E-state index is 11.9. The van der Waals surface area contributed by atoms with Crippen molar-refractivity contribution < 1.29 is 14.8 Å². The first-order chi connectivity index (χ1) is 9.58. The SMILES string of the molecule is O=C(NCCn1cccn1)c1cc(O)ccc1[N+](=O)[O-]. The summed E-state index contributed by atoms with van der Waals surface area (Å²) < 4.78 is 1.62. The van der Waals surface area contributed by atoms with Crippen molar-refractivity contribution >= 4 is 11.6 Å². The number of amides is 1. The van der Waals surface area contributed by atoms with Crippen LogP contribution in [0.2, 0.25) is 0 Å². The van der Waals surface area contributed by atoms with Gasteiger partial charge < -0.3 is 10.4 Å². The van der Waals surface area contributed by atoms with Crippen molar-refractivity contribution in [2.24, 2.45) is 0 Å². The summed E-state index contributed by atoms with van der Waals surface area (Å²) in [6.45, 7) is 0.721. The maximum atomic E-state index is 11.9. The molecule has 0 aliphatic heterocycles. The van der Waals surface area contributed by atoms with Gasteiger partial charge in [-0.25, -0.2) is 0 Å². The Labute approximate surface area is 113 Å². The lowest BCUT2D eigenvalue weighted by atomic mass is 10.1. The number of nitrogens with zero attached hydrogens (tertiary/aromatic N) is 3. The van der Waals surface area contributed by atoms with Gasteiger partial charge in [0, 0.05) is 25.0 Å². The van der Waals surface area contributed by atoms with Gasteiger partial charge in [-0.1, -0.05) is 0 Å². The third kappa shape index (κ3) is 3.10. The fourth-order valence-corrected chi connectivity index (χ4v) is 1.68. The Morgan fingerprint density at radius 1 is 1.50 bits per heavy atom. The first-order valence-electron chi connectivity index (χ1n) is 5.81. The standard InChI is InChI=1S/C12H12N4O4/c17-9-2-3-11(16(19)20)10(8-9)12(18)13-5-7-15-6-1-4-14-15/h1-4,6,8,17H,5,7H2,(H,13,18). The molecular weight excluding hydrogens is 264 g/mol. The van der Waals surface area contributed by atoms with Crippen LogP contribution in [0.5, 0.6) is 5.75 Å². The van der Waals surface area contributed by atoms with Crippen LogP contribution in [-0.4, -0.2) is 32.3 Å². The van der Waals surface area contributed by atoms with Crippen LogP contribution >= 0.6 is 0 Å². The Hall–Kier alpha value is -2.90. The lowest BCUT2D eigenvalue weighted by Crippen LogP contribution is -2.27. The summed E-state index contributed by atoms with van der Waals surface area (Å²) in [5, 5.41) is 26.7. The van der Waals surface area contributed by atoms with Crippen LogP contribution < -0.4 is 5.32 Å². The lowest BCUT2D eigenvalue weighted by Gasteiger charge is -2.06. The Bertz CT molecular complexity index is 624. The van der Waals surface area contributed by atoms with Crippen LogP contribution in [0.4, 0.5) is 5.69 Å². The number of hydrogen-bond acceptors (Lipinski definition) is 5. The normalized spacial score (nSPS) is 10.2. The number of rotatable bonds is 5. The van der Waals surface area contributed by atoms with Gasteiger partial charge in [-0.05, 0) is 18.2 Å².